The van der Waals surface area contributed by atoms with Gasteiger partial charge in [-0.05, 0) is 43.1 Å². The summed E-state index contributed by atoms with van der Waals surface area (Å²) in [6.07, 6.45) is 5.40. The lowest BCUT2D eigenvalue weighted by Crippen LogP contribution is -2.35. The molecule has 2 nitrogen and oxygen atoms in total. The van der Waals surface area contributed by atoms with Crippen molar-refractivity contribution in [3.8, 4) is 0 Å². The Kier molecular flexibility index (Phi) is 5.62. The summed E-state index contributed by atoms with van der Waals surface area (Å²) < 4.78 is 5.28. The minimum atomic E-state index is 0.665. The third-order valence-corrected chi connectivity index (χ3v) is 4.20. The van der Waals surface area contributed by atoms with E-state index in [1.807, 2.05) is 0 Å². The molecule has 4 unspecified atom stereocenters. The number of rotatable bonds is 5. The zero-order valence-electron chi connectivity index (χ0n) is 10.5. The van der Waals surface area contributed by atoms with Crippen molar-refractivity contribution in [3.63, 3.8) is 0 Å². The molecule has 0 amide bonds. The van der Waals surface area contributed by atoms with Crippen LogP contribution in [0.3, 0.4) is 0 Å². The van der Waals surface area contributed by atoms with Gasteiger partial charge in [0, 0.05) is 13.7 Å². The molecule has 2 heteroatoms. The van der Waals surface area contributed by atoms with Gasteiger partial charge >= 0.3 is 0 Å². The fraction of sp³-hybridized carbons (Fsp3) is 1.00. The van der Waals surface area contributed by atoms with E-state index < -0.39 is 0 Å². The van der Waals surface area contributed by atoms with Crippen LogP contribution < -0.4 is 5.73 Å². The lowest BCUT2D eigenvalue weighted by atomic mass is 9.68. The zero-order chi connectivity index (χ0) is 11.3. The Morgan fingerprint density at radius 2 is 2.13 bits per heavy atom. The van der Waals surface area contributed by atoms with Crippen molar-refractivity contribution < 1.29 is 4.74 Å². The van der Waals surface area contributed by atoms with Crippen LogP contribution in [0.15, 0.2) is 0 Å². The Morgan fingerprint density at radius 3 is 2.67 bits per heavy atom. The second-order valence-electron chi connectivity index (χ2n) is 5.18. The van der Waals surface area contributed by atoms with Crippen molar-refractivity contribution in [2.75, 3.05) is 20.3 Å². The first kappa shape index (κ1) is 13.0. The number of hydrogen-bond acceptors (Lipinski definition) is 2. The molecule has 0 spiro atoms. The standard InChI is InChI=1S/C13H27NO/c1-4-11-5-6-12(8-14)13(7-11)10(2)9-15-3/h10-13H,4-9,14H2,1-3H3. The average Bonchev–Trinajstić information content (AvgIpc) is 2.28. The van der Waals surface area contributed by atoms with Gasteiger partial charge in [0.1, 0.15) is 0 Å². The molecule has 2 N–H and O–H groups in total. The van der Waals surface area contributed by atoms with Gasteiger partial charge in [0.25, 0.3) is 0 Å². The summed E-state index contributed by atoms with van der Waals surface area (Å²) in [5.41, 5.74) is 5.87. The lowest BCUT2D eigenvalue weighted by molar-refractivity contribution is 0.0679. The molecular formula is C13H27NO. The predicted octanol–water partition coefficient (Wildman–Crippen LogP) is 2.67. The Labute approximate surface area is 94.6 Å². The number of nitrogens with two attached hydrogens (primary N) is 1. The van der Waals surface area contributed by atoms with Gasteiger partial charge in [-0.25, -0.2) is 0 Å². The van der Waals surface area contributed by atoms with E-state index in [2.05, 4.69) is 13.8 Å². The maximum absolute atomic E-state index is 5.87. The number of methoxy groups -OCH3 is 1. The van der Waals surface area contributed by atoms with Crippen LogP contribution >= 0.6 is 0 Å². The van der Waals surface area contributed by atoms with Gasteiger partial charge < -0.3 is 10.5 Å². The molecule has 1 rings (SSSR count). The number of hydrogen-bond donors (Lipinski definition) is 1. The zero-order valence-corrected chi connectivity index (χ0v) is 10.5. The van der Waals surface area contributed by atoms with Gasteiger partial charge in [-0.2, -0.15) is 0 Å². The van der Waals surface area contributed by atoms with Crippen LogP contribution in [0, 0.1) is 23.7 Å². The van der Waals surface area contributed by atoms with Crippen molar-refractivity contribution in [3.05, 3.63) is 0 Å². The van der Waals surface area contributed by atoms with E-state index >= 15 is 0 Å². The molecular weight excluding hydrogens is 186 g/mol. The predicted molar refractivity (Wildman–Crippen MR) is 64.7 cm³/mol. The quantitative estimate of drug-likeness (QED) is 0.762. The van der Waals surface area contributed by atoms with Gasteiger partial charge in [-0.15, -0.1) is 0 Å². The molecule has 0 aromatic rings. The van der Waals surface area contributed by atoms with Crippen LogP contribution in [0.25, 0.3) is 0 Å². The Bertz CT molecular complexity index is 172. The lowest BCUT2D eigenvalue weighted by Gasteiger charge is -2.38. The van der Waals surface area contributed by atoms with Crippen LogP contribution in [0.2, 0.25) is 0 Å². The highest BCUT2D eigenvalue weighted by Crippen LogP contribution is 2.39. The molecule has 4 atom stereocenters. The third-order valence-electron chi connectivity index (χ3n) is 4.20. The SMILES string of the molecule is CCC1CCC(CN)C(C(C)COC)C1. The van der Waals surface area contributed by atoms with Crippen LogP contribution in [0.4, 0.5) is 0 Å². The monoisotopic (exact) mass is 213 g/mol. The Hall–Kier alpha value is -0.0800. The highest BCUT2D eigenvalue weighted by molar-refractivity contribution is 4.83. The van der Waals surface area contributed by atoms with Gasteiger partial charge in [-0.3, -0.25) is 0 Å². The molecule has 0 saturated heterocycles. The van der Waals surface area contributed by atoms with E-state index in [0.29, 0.717) is 5.92 Å². The van der Waals surface area contributed by atoms with Crippen LogP contribution in [0.5, 0.6) is 0 Å². The topological polar surface area (TPSA) is 35.2 Å². The van der Waals surface area contributed by atoms with Gasteiger partial charge in [0.05, 0.1) is 0 Å². The Balaban J connectivity index is 2.54. The summed E-state index contributed by atoms with van der Waals surface area (Å²) >= 11 is 0. The summed E-state index contributed by atoms with van der Waals surface area (Å²) in [7, 11) is 1.80. The highest BCUT2D eigenvalue weighted by atomic mass is 16.5. The Morgan fingerprint density at radius 1 is 1.40 bits per heavy atom. The minimum Gasteiger partial charge on any atom is -0.384 e. The van der Waals surface area contributed by atoms with Crippen LogP contribution in [-0.4, -0.2) is 20.3 Å². The minimum absolute atomic E-state index is 0.665. The second-order valence-corrected chi connectivity index (χ2v) is 5.18. The first-order chi connectivity index (χ1) is 7.22. The average molecular weight is 213 g/mol. The molecule has 0 bridgehead atoms. The fourth-order valence-electron chi connectivity index (χ4n) is 3.11. The number of ether oxygens (including phenoxy) is 1. The smallest absolute Gasteiger partial charge is 0.0490 e. The molecule has 1 fully saturated rings. The molecule has 0 aliphatic heterocycles. The van der Waals surface area contributed by atoms with Crippen molar-refractivity contribution in [2.45, 2.75) is 39.5 Å². The normalized spacial score (nSPS) is 34.0. The van der Waals surface area contributed by atoms with Crippen molar-refractivity contribution in [1.82, 2.24) is 0 Å². The molecule has 0 heterocycles. The van der Waals surface area contributed by atoms with Gasteiger partial charge in [0.2, 0.25) is 0 Å². The van der Waals surface area contributed by atoms with E-state index in [1.54, 1.807) is 7.11 Å². The maximum atomic E-state index is 5.87. The fourth-order valence-corrected chi connectivity index (χ4v) is 3.11. The highest BCUT2D eigenvalue weighted by Gasteiger charge is 2.32. The summed E-state index contributed by atoms with van der Waals surface area (Å²) in [6, 6.07) is 0. The largest absolute Gasteiger partial charge is 0.384 e. The van der Waals surface area contributed by atoms with Crippen molar-refractivity contribution in [1.29, 1.82) is 0 Å². The molecule has 90 valence electrons. The molecule has 0 radical (unpaired) electrons. The molecule has 1 saturated carbocycles. The van der Waals surface area contributed by atoms with Crippen LogP contribution in [-0.2, 0) is 4.74 Å². The van der Waals surface area contributed by atoms with E-state index in [-0.39, 0.29) is 0 Å². The van der Waals surface area contributed by atoms with Crippen LogP contribution in [0.1, 0.15) is 39.5 Å². The summed E-state index contributed by atoms with van der Waals surface area (Å²) in [4.78, 5) is 0. The maximum Gasteiger partial charge on any atom is 0.0490 e. The van der Waals surface area contributed by atoms with Gasteiger partial charge in [-0.1, -0.05) is 26.7 Å². The molecule has 1 aliphatic carbocycles. The van der Waals surface area contributed by atoms with Crippen molar-refractivity contribution >= 4 is 0 Å². The molecule has 0 aromatic carbocycles. The second kappa shape index (κ2) is 6.49. The van der Waals surface area contributed by atoms with E-state index in [1.165, 1.54) is 25.7 Å². The van der Waals surface area contributed by atoms with E-state index in [9.17, 15) is 0 Å². The van der Waals surface area contributed by atoms with Crippen molar-refractivity contribution in [2.24, 2.45) is 29.4 Å². The van der Waals surface area contributed by atoms with E-state index in [0.717, 1.165) is 30.9 Å². The molecule has 15 heavy (non-hydrogen) atoms. The first-order valence-corrected chi connectivity index (χ1v) is 6.41. The molecule has 0 aromatic heterocycles. The molecule has 1 aliphatic rings. The van der Waals surface area contributed by atoms with Gasteiger partial charge in [0.15, 0.2) is 0 Å². The first-order valence-electron chi connectivity index (χ1n) is 6.41. The van der Waals surface area contributed by atoms with E-state index in [4.69, 9.17) is 10.5 Å². The third kappa shape index (κ3) is 3.46. The summed E-state index contributed by atoms with van der Waals surface area (Å²) in [5.74, 6) is 3.11. The summed E-state index contributed by atoms with van der Waals surface area (Å²) in [6.45, 7) is 6.37. The summed E-state index contributed by atoms with van der Waals surface area (Å²) in [5, 5.41) is 0.